The maximum Gasteiger partial charge on any atom is 0.295 e. The van der Waals surface area contributed by atoms with Crippen LogP contribution in [0, 0.1) is 0 Å². The molecule has 2 aliphatic rings. The number of Topliss-reactive ketones (excluding diaryl/α,β-unsaturated/α-hetero) is 1. The molecule has 4 aromatic carbocycles. The van der Waals surface area contributed by atoms with Crippen LogP contribution in [0.2, 0.25) is 0 Å². The third-order valence-electron chi connectivity index (χ3n) is 7.28. The van der Waals surface area contributed by atoms with Gasteiger partial charge in [0.05, 0.1) is 11.6 Å². The standard InChI is InChI=1S/C34H29NO6/c36-32(26-13-16-28-29(21-26)40-20-19-39-28)30-31(35(34(38)33(30)37)18-17-23-7-3-1-4-8-23)25-11-14-27(15-12-25)41-22-24-9-5-2-6-10-24/h1-16,21,31,36H,17-20,22H2/b32-30+/t31-/m1/s1. The molecule has 41 heavy (non-hydrogen) atoms. The summed E-state index contributed by atoms with van der Waals surface area (Å²) in [5.74, 6) is 0.0886. The highest BCUT2D eigenvalue weighted by molar-refractivity contribution is 6.46. The summed E-state index contributed by atoms with van der Waals surface area (Å²) in [6.45, 7) is 1.55. The average molecular weight is 548 g/mol. The number of nitrogens with zero attached hydrogens (tertiary/aromatic N) is 1. The van der Waals surface area contributed by atoms with E-state index in [2.05, 4.69) is 0 Å². The van der Waals surface area contributed by atoms with E-state index in [4.69, 9.17) is 14.2 Å². The van der Waals surface area contributed by atoms with Crippen LogP contribution in [-0.4, -0.2) is 41.5 Å². The second-order valence-electron chi connectivity index (χ2n) is 9.93. The molecule has 0 aromatic heterocycles. The Morgan fingerprint density at radius 1 is 0.805 bits per heavy atom. The summed E-state index contributed by atoms with van der Waals surface area (Å²) in [6.07, 6.45) is 0.562. The first-order chi connectivity index (χ1) is 20.1. The van der Waals surface area contributed by atoms with Crippen molar-refractivity contribution < 1.29 is 28.9 Å². The van der Waals surface area contributed by atoms with E-state index in [0.29, 0.717) is 61.2 Å². The number of likely N-dealkylation sites (tertiary alicyclic amines) is 1. The van der Waals surface area contributed by atoms with Crippen molar-refractivity contribution >= 4 is 17.4 Å². The van der Waals surface area contributed by atoms with Crippen molar-refractivity contribution in [3.8, 4) is 17.2 Å². The lowest BCUT2D eigenvalue weighted by atomic mass is 9.95. The summed E-state index contributed by atoms with van der Waals surface area (Å²) >= 11 is 0. The van der Waals surface area contributed by atoms with E-state index in [0.717, 1.165) is 11.1 Å². The van der Waals surface area contributed by atoms with Crippen LogP contribution < -0.4 is 14.2 Å². The molecule has 1 saturated heterocycles. The molecule has 1 amide bonds. The minimum Gasteiger partial charge on any atom is -0.507 e. The fraction of sp³-hybridized carbons (Fsp3) is 0.176. The number of carbonyl (C=O) groups is 2. The Hall–Kier alpha value is -5.04. The molecule has 0 spiro atoms. The molecule has 2 heterocycles. The Labute approximate surface area is 238 Å². The number of rotatable bonds is 8. The Kier molecular flexibility index (Phi) is 7.41. The molecule has 0 unspecified atom stereocenters. The Morgan fingerprint density at radius 2 is 1.46 bits per heavy atom. The number of aliphatic hydroxyl groups is 1. The molecule has 1 N–H and O–H groups in total. The van der Waals surface area contributed by atoms with E-state index in [9.17, 15) is 14.7 Å². The predicted molar refractivity (Wildman–Crippen MR) is 154 cm³/mol. The Morgan fingerprint density at radius 3 is 2.17 bits per heavy atom. The zero-order valence-electron chi connectivity index (χ0n) is 22.4. The van der Waals surface area contributed by atoms with Gasteiger partial charge in [-0.1, -0.05) is 72.8 Å². The van der Waals surface area contributed by atoms with Gasteiger partial charge >= 0.3 is 0 Å². The second-order valence-corrected chi connectivity index (χ2v) is 9.93. The summed E-state index contributed by atoms with van der Waals surface area (Å²) < 4.78 is 17.2. The van der Waals surface area contributed by atoms with Gasteiger partial charge in [-0.05, 0) is 53.4 Å². The molecule has 2 aliphatic heterocycles. The van der Waals surface area contributed by atoms with Gasteiger partial charge in [-0.25, -0.2) is 0 Å². The highest BCUT2D eigenvalue weighted by atomic mass is 16.6. The number of hydrogen-bond donors (Lipinski definition) is 1. The van der Waals surface area contributed by atoms with Gasteiger partial charge in [0, 0.05) is 12.1 Å². The van der Waals surface area contributed by atoms with Crippen LogP contribution in [0.5, 0.6) is 17.2 Å². The molecule has 6 rings (SSSR count). The molecule has 206 valence electrons. The van der Waals surface area contributed by atoms with E-state index >= 15 is 0 Å². The summed E-state index contributed by atoms with van der Waals surface area (Å²) in [5, 5.41) is 11.5. The summed E-state index contributed by atoms with van der Waals surface area (Å²) in [5.41, 5.74) is 3.21. The van der Waals surface area contributed by atoms with Crippen LogP contribution in [0.1, 0.15) is 28.3 Å². The molecule has 0 saturated carbocycles. The molecule has 7 heteroatoms. The van der Waals surface area contributed by atoms with Crippen molar-refractivity contribution in [1.29, 1.82) is 0 Å². The van der Waals surface area contributed by atoms with Crippen LogP contribution in [0.25, 0.3) is 5.76 Å². The molecular weight excluding hydrogens is 518 g/mol. The van der Waals surface area contributed by atoms with E-state index < -0.39 is 17.7 Å². The Bertz CT molecular complexity index is 1580. The monoisotopic (exact) mass is 547 g/mol. The molecule has 1 fully saturated rings. The zero-order valence-corrected chi connectivity index (χ0v) is 22.4. The number of aliphatic hydroxyl groups excluding tert-OH is 1. The van der Waals surface area contributed by atoms with Gasteiger partial charge < -0.3 is 24.2 Å². The SMILES string of the molecule is O=C1C(=O)N(CCc2ccccc2)[C@H](c2ccc(OCc3ccccc3)cc2)/C1=C(\O)c1ccc2c(c1)OCCO2. The lowest BCUT2D eigenvalue weighted by Crippen LogP contribution is -2.31. The maximum absolute atomic E-state index is 13.5. The van der Waals surface area contributed by atoms with Crippen molar-refractivity contribution in [1.82, 2.24) is 4.90 Å². The Balaban J connectivity index is 1.34. The minimum atomic E-state index is -0.768. The molecule has 4 aromatic rings. The number of carbonyl (C=O) groups excluding carboxylic acids is 2. The van der Waals surface area contributed by atoms with Crippen LogP contribution in [0.15, 0.2) is 109 Å². The predicted octanol–water partition coefficient (Wildman–Crippen LogP) is 5.70. The van der Waals surface area contributed by atoms with Gasteiger partial charge in [0.25, 0.3) is 11.7 Å². The van der Waals surface area contributed by atoms with Crippen LogP contribution in [-0.2, 0) is 22.6 Å². The number of ketones is 1. The van der Waals surface area contributed by atoms with Gasteiger partial charge in [-0.2, -0.15) is 0 Å². The van der Waals surface area contributed by atoms with Crippen LogP contribution in [0.4, 0.5) is 0 Å². The summed E-state index contributed by atoms with van der Waals surface area (Å²) in [4.78, 5) is 28.4. The number of ether oxygens (including phenoxy) is 3. The van der Waals surface area contributed by atoms with Gasteiger partial charge in [0.2, 0.25) is 0 Å². The first kappa shape index (κ1) is 26.2. The van der Waals surface area contributed by atoms with Crippen molar-refractivity contribution in [2.75, 3.05) is 19.8 Å². The number of amides is 1. The average Bonchev–Trinajstić information content (AvgIpc) is 3.28. The fourth-order valence-corrected chi connectivity index (χ4v) is 5.18. The molecule has 0 bridgehead atoms. The van der Waals surface area contributed by atoms with E-state index in [1.807, 2.05) is 84.9 Å². The van der Waals surface area contributed by atoms with Crippen molar-refractivity contribution in [3.05, 3.63) is 131 Å². The zero-order chi connectivity index (χ0) is 28.2. The summed E-state index contributed by atoms with van der Waals surface area (Å²) in [7, 11) is 0. The van der Waals surface area contributed by atoms with Crippen molar-refractivity contribution in [2.24, 2.45) is 0 Å². The van der Waals surface area contributed by atoms with Crippen molar-refractivity contribution in [2.45, 2.75) is 19.1 Å². The van der Waals surface area contributed by atoms with E-state index in [1.54, 1.807) is 23.1 Å². The third-order valence-corrected chi connectivity index (χ3v) is 7.28. The summed E-state index contributed by atoms with van der Waals surface area (Å²) in [6, 6.07) is 31.2. The van der Waals surface area contributed by atoms with Gasteiger partial charge in [-0.15, -0.1) is 0 Å². The van der Waals surface area contributed by atoms with Crippen LogP contribution >= 0.6 is 0 Å². The lowest BCUT2D eigenvalue weighted by Gasteiger charge is -2.26. The number of fused-ring (bicyclic) bond motifs is 1. The molecule has 0 radical (unpaired) electrons. The quantitative estimate of drug-likeness (QED) is 0.173. The minimum absolute atomic E-state index is 0.0395. The van der Waals surface area contributed by atoms with Gasteiger partial charge in [-0.3, -0.25) is 9.59 Å². The highest BCUT2D eigenvalue weighted by Crippen LogP contribution is 2.41. The van der Waals surface area contributed by atoms with Gasteiger partial charge in [0.15, 0.2) is 11.5 Å². The van der Waals surface area contributed by atoms with E-state index in [1.165, 1.54) is 0 Å². The smallest absolute Gasteiger partial charge is 0.295 e. The first-order valence-electron chi connectivity index (χ1n) is 13.6. The molecular formula is C34H29NO6. The topological polar surface area (TPSA) is 85.3 Å². The van der Waals surface area contributed by atoms with Gasteiger partial charge in [0.1, 0.15) is 31.3 Å². The lowest BCUT2D eigenvalue weighted by molar-refractivity contribution is -0.139. The number of benzene rings is 4. The largest absolute Gasteiger partial charge is 0.507 e. The number of hydrogen-bond acceptors (Lipinski definition) is 6. The second kappa shape index (κ2) is 11.6. The third kappa shape index (κ3) is 5.52. The molecule has 1 atom stereocenters. The molecule has 7 nitrogen and oxygen atoms in total. The van der Waals surface area contributed by atoms with E-state index in [-0.39, 0.29) is 11.3 Å². The van der Waals surface area contributed by atoms with Crippen molar-refractivity contribution in [3.63, 3.8) is 0 Å². The first-order valence-corrected chi connectivity index (χ1v) is 13.6. The normalized spacial score (nSPS) is 17.5. The maximum atomic E-state index is 13.5. The fourth-order valence-electron chi connectivity index (χ4n) is 5.18. The molecule has 0 aliphatic carbocycles. The highest BCUT2D eigenvalue weighted by Gasteiger charge is 2.46. The van der Waals surface area contributed by atoms with Crippen LogP contribution in [0.3, 0.4) is 0 Å².